The zero-order valence-corrected chi connectivity index (χ0v) is 11.9. The van der Waals surface area contributed by atoms with Gasteiger partial charge in [0.05, 0.1) is 12.3 Å². The minimum atomic E-state index is 0.255. The van der Waals surface area contributed by atoms with Gasteiger partial charge >= 0.3 is 0 Å². The molecule has 0 bridgehead atoms. The lowest BCUT2D eigenvalue weighted by Gasteiger charge is -2.52. The molecule has 1 saturated carbocycles. The summed E-state index contributed by atoms with van der Waals surface area (Å²) in [6.45, 7) is 8.48. The van der Waals surface area contributed by atoms with Crippen molar-refractivity contribution in [1.29, 1.82) is 0 Å². The van der Waals surface area contributed by atoms with Gasteiger partial charge in [0, 0.05) is 31.3 Å². The van der Waals surface area contributed by atoms with E-state index in [0.29, 0.717) is 12.1 Å². The third kappa shape index (κ3) is 2.75. The topological polar surface area (TPSA) is 39.1 Å². The second-order valence-electron chi connectivity index (χ2n) is 5.78. The number of hydrogen-bond acceptors (Lipinski definition) is 3. The van der Waals surface area contributed by atoms with Crippen LogP contribution in [0.5, 0.6) is 0 Å². The van der Waals surface area contributed by atoms with Crippen molar-refractivity contribution in [3.05, 3.63) is 18.0 Å². The van der Waals surface area contributed by atoms with Crippen LogP contribution in [0.2, 0.25) is 0 Å². The molecule has 0 radical (unpaired) electrons. The Morgan fingerprint density at radius 2 is 2.33 bits per heavy atom. The van der Waals surface area contributed by atoms with Crippen molar-refractivity contribution in [3.8, 4) is 0 Å². The van der Waals surface area contributed by atoms with Crippen LogP contribution >= 0.6 is 0 Å². The second-order valence-corrected chi connectivity index (χ2v) is 5.78. The van der Waals surface area contributed by atoms with E-state index in [-0.39, 0.29) is 5.41 Å². The summed E-state index contributed by atoms with van der Waals surface area (Å²) in [4.78, 5) is 0. The Morgan fingerprint density at radius 3 is 2.89 bits per heavy atom. The Kier molecular flexibility index (Phi) is 4.07. The van der Waals surface area contributed by atoms with Crippen LogP contribution in [0.4, 0.5) is 0 Å². The maximum absolute atomic E-state index is 5.74. The molecule has 1 aliphatic carbocycles. The first kappa shape index (κ1) is 13.6. The summed E-state index contributed by atoms with van der Waals surface area (Å²) in [5, 5.41) is 7.82. The summed E-state index contributed by atoms with van der Waals surface area (Å²) in [5.41, 5.74) is 1.55. The van der Waals surface area contributed by atoms with Crippen molar-refractivity contribution in [3.63, 3.8) is 0 Å². The van der Waals surface area contributed by atoms with Crippen molar-refractivity contribution >= 4 is 0 Å². The fourth-order valence-corrected chi connectivity index (χ4v) is 2.71. The monoisotopic (exact) mass is 251 g/mol. The van der Waals surface area contributed by atoms with Crippen LogP contribution in [0.15, 0.2) is 12.4 Å². The quantitative estimate of drug-likeness (QED) is 0.837. The normalized spacial score (nSPS) is 26.0. The minimum absolute atomic E-state index is 0.255. The van der Waals surface area contributed by atoms with E-state index in [9.17, 15) is 0 Å². The van der Waals surface area contributed by atoms with E-state index in [1.165, 1.54) is 5.56 Å². The first-order valence-corrected chi connectivity index (χ1v) is 6.86. The highest BCUT2D eigenvalue weighted by molar-refractivity contribution is 5.06. The number of hydrogen-bond donors (Lipinski definition) is 1. The first-order chi connectivity index (χ1) is 8.54. The highest BCUT2D eigenvalue weighted by atomic mass is 16.5. The molecule has 0 aliphatic heterocycles. The Hall–Kier alpha value is -0.870. The molecule has 1 fully saturated rings. The van der Waals surface area contributed by atoms with Crippen LogP contribution in [0.25, 0.3) is 0 Å². The van der Waals surface area contributed by atoms with Crippen molar-refractivity contribution in [1.82, 2.24) is 15.1 Å². The molecule has 2 atom stereocenters. The van der Waals surface area contributed by atoms with Crippen molar-refractivity contribution in [2.45, 2.75) is 45.8 Å². The molecule has 0 amide bonds. The molecule has 0 spiro atoms. The Labute approximate surface area is 110 Å². The number of nitrogens with one attached hydrogen (secondary N) is 1. The summed E-state index contributed by atoms with van der Waals surface area (Å²) in [5.74, 6) is 0. The summed E-state index contributed by atoms with van der Waals surface area (Å²) in [7, 11) is 1.96. The molecule has 0 saturated heterocycles. The van der Waals surface area contributed by atoms with Gasteiger partial charge in [-0.25, -0.2) is 0 Å². The maximum atomic E-state index is 5.74. The Morgan fingerprint density at radius 1 is 1.56 bits per heavy atom. The van der Waals surface area contributed by atoms with Gasteiger partial charge in [-0.05, 0) is 31.9 Å². The Balaban J connectivity index is 1.72. The van der Waals surface area contributed by atoms with Gasteiger partial charge in [-0.3, -0.25) is 4.68 Å². The first-order valence-electron chi connectivity index (χ1n) is 6.86. The predicted molar refractivity (Wildman–Crippen MR) is 72.5 cm³/mol. The van der Waals surface area contributed by atoms with Crippen molar-refractivity contribution in [2.75, 3.05) is 13.2 Å². The molecule has 2 rings (SSSR count). The zero-order chi connectivity index (χ0) is 13.2. The van der Waals surface area contributed by atoms with Gasteiger partial charge in [0.2, 0.25) is 0 Å². The largest absolute Gasteiger partial charge is 0.378 e. The van der Waals surface area contributed by atoms with Gasteiger partial charge in [0.15, 0.2) is 0 Å². The molecule has 1 aliphatic rings. The molecule has 1 aromatic heterocycles. The van der Waals surface area contributed by atoms with E-state index in [0.717, 1.165) is 26.0 Å². The molecule has 2 unspecified atom stereocenters. The van der Waals surface area contributed by atoms with E-state index < -0.39 is 0 Å². The lowest BCUT2D eigenvalue weighted by molar-refractivity contribution is -0.113. The van der Waals surface area contributed by atoms with Crippen LogP contribution in [0.1, 0.15) is 32.8 Å². The molecule has 1 aromatic rings. The van der Waals surface area contributed by atoms with Crippen LogP contribution in [0, 0.1) is 5.41 Å². The second kappa shape index (κ2) is 5.41. The number of ether oxygens (including phenoxy) is 1. The number of rotatable bonds is 6. The van der Waals surface area contributed by atoms with Gasteiger partial charge in [-0.2, -0.15) is 5.10 Å². The van der Waals surface area contributed by atoms with E-state index in [2.05, 4.69) is 37.4 Å². The zero-order valence-electron chi connectivity index (χ0n) is 11.9. The highest BCUT2D eigenvalue weighted by Gasteiger charge is 2.48. The number of aromatic nitrogens is 2. The minimum Gasteiger partial charge on any atom is -0.378 e. The summed E-state index contributed by atoms with van der Waals surface area (Å²) in [6.07, 6.45) is 6.61. The molecule has 4 heteroatoms. The smallest absolute Gasteiger partial charge is 0.0655 e. The molecule has 1 heterocycles. The average molecular weight is 251 g/mol. The van der Waals surface area contributed by atoms with Crippen LogP contribution in [-0.2, 0) is 18.2 Å². The van der Waals surface area contributed by atoms with Crippen LogP contribution in [0.3, 0.4) is 0 Å². The highest BCUT2D eigenvalue weighted by Crippen LogP contribution is 2.42. The fraction of sp³-hybridized carbons (Fsp3) is 0.786. The van der Waals surface area contributed by atoms with Crippen molar-refractivity contribution < 1.29 is 4.74 Å². The summed E-state index contributed by atoms with van der Waals surface area (Å²) >= 11 is 0. The lowest BCUT2D eigenvalue weighted by Crippen LogP contribution is -2.61. The molecular weight excluding hydrogens is 226 g/mol. The predicted octanol–water partition coefficient (Wildman–Crippen LogP) is 1.76. The molecule has 4 nitrogen and oxygen atoms in total. The van der Waals surface area contributed by atoms with Crippen LogP contribution < -0.4 is 5.32 Å². The summed E-state index contributed by atoms with van der Waals surface area (Å²) in [6, 6.07) is 0.575. The lowest BCUT2D eigenvalue weighted by atomic mass is 9.64. The molecule has 1 N–H and O–H groups in total. The third-order valence-corrected chi connectivity index (χ3v) is 4.11. The average Bonchev–Trinajstić information content (AvgIpc) is 2.73. The number of nitrogens with zero attached hydrogens (tertiary/aromatic N) is 2. The SMILES string of the molecule is CCOC1CC(NCCc2cnn(C)c2)C1(C)C. The maximum Gasteiger partial charge on any atom is 0.0655 e. The van der Waals surface area contributed by atoms with E-state index >= 15 is 0 Å². The third-order valence-electron chi connectivity index (χ3n) is 4.11. The van der Waals surface area contributed by atoms with E-state index in [1.54, 1.807) is 0 Å². The fourth-order valence-electron chi connectivity index (χ4n) is 2.71. The van der Waals surface area contributed by atoms with Gasteiger partial charge in [-0.15, -0.1) is 0 Å². The van der Waals surface area contributed by atoms with E-state index in [4.69, 9.17) is 4.74 Å². The number of aryl methyl sites for hydroxylation is 1. The van der Waals surface area contributed by atoms with E-state index in [1.807, 2.05) is 17.9 Å². The van der Waals surface area contributed by atoms with Gasteiger partial charge in [-0.1, -0.05) is 13.8 Å². The van der Waals surface area contributed by atoms with Gasteiger partial charge in [0.25, 0.3) is 0 Å². The standard InChI is InChI=1S/C14H25N3O/c1-5-18-13-8-12(14(13,2)3)15-7-6-11-9-16-17(4)10-11/h9-10,12-13,15H,5-8H2,1-4H3. The Bertz CT molecular complexity index is 386. The van der Waals surface area contributed by atoms with Crippen molar-refractivity contribution in [2.24, 2.45) is 12.5 Å². The molecule has 0 aromatic carbocycles. The van der Waals surface area contributed by atoms with Crippen LogP contribution in [-0.4, -0.2) is 35.1 Å². The van der Waals surface area contributed by atoms with Gasteiger partial charge < -0.3 is 10.1 Å². The molecular formula is C14H25N3O. The summed E-state index contributed by atoms with van der Waals surface area (Å²) < 4.78 is 7.59. The molecule has 18 heavy (non-hydrogen) atoms. The molecule has 102 valence electrons. The van der Waals surface area contributed by atoms with Gasteiger partial charge in [0.1, 0.15) is 0 Å².